The Morgan fingerprint density at radius 3 is 2.62 bits per heavy atom. The van der Waals surface area contributed by atoms with E-state index in [9.17, 15) is 9.59 Å². The van der Waals surface area contributed by atoms with E-state index in [2.05, 4.69) is 6.92 Å². The Labute approximate surface area is 163 Å². The molecule has 1 heterocycles. The number of ether oxygens (including phenoxy) is 2. The van der Waals surface area contributed by atoms with Crippen LogP contribution in [0.5, 0.6) is 5.75 Å². The van der Waals surface area contributed by atoms with Gasteiger partial charge in [0.1, 0.15) is 16.6 Å². The quantitative estimate of drug-likeness (QED) is 0.288. The molecule has 140 valence electrons. The van der Waals surface area contributed by atoms with Crippen molar-refractivity contribution in [1.29, 1.82) is 0 Å². The molecule has 1 aliphatic rings. The number of thioether (sulfide) groups is 1. The summed E-state index contributed by atoms with van der Waals surface area (Å²) in [6, 6.07) is 7.53. The third-order valence-electron chi connectivity index (χ3n) is 3.47. The molecule has 0 saturated carbocycles. The van der Waals surface area contributed by atoms with Gasteiger partial charge in [0.15, 0.2) is 0 Å². The number of esters is 1. The molecule has 0 radical (unpaired) electrons. The summed E-state index contributed by atoms with van der Waals surface area (Å²) >= 11 is 6.41. The molecule has 0 unspecified atom stereocenters. The fraction of sp³-hybridized carbons (Fsp3) is 0.421. The monoisotopic (exact) mass is 393 g/mol. The maximum Gasteiger partial charge on any atom is 0.326 e. The van der Waals surface area contributed by atoms with Gasteiger partial charge in [0.2, 0.25) is 0 Å². The molecule has 0 N–H and O–H groups in total. The fourth-order valence-corrected chi connectivity index (χ4v) is 3.47. The zero-order valence-corrected chi connectivity index (χ0v) is 16.8. The molecule has 1 saturated heterocycles. The van der Waals surface area contributed by atoms with Crippen LogP contribution in [0, 0.1) is 0 Å². The normalized spacial score (nSPS) is 15.8. The Hall–Kier alpha value is -1.86. The number of unbranched alkanes of at least 4 members (excludes halogenated alkanes) is 1. The first-order valence-electron chi connectivity index (χ1n) is 8.58. The molecule has 1 aromatic carbocycles. The predicted octanol–water partition coefficient (Wildman–Crippen LogP) is 4.02. The molecule has 0 bridgehead atoms. The Morgan fingerprint density at radius 1 is 1.31 bits per heavy atom. The largest absolute Gasteiger partial charge is 0.494 e. The van der Waals surface area contributed by atoms with Gasteiger partial charge in [-0.1, -0.05) is 49.5 Å². The zero-order valence-electron chi connectivity index (χ0n) is 15.2. The van der Waals surface area contributed by atoms with Gasteiger partial charge in [-0.3, -0.25) is 14.5 Å². The molecule has 26 heavy (non-hydrogen) atoms. The topological polar surface area (TPSA) is 55.8 Å². The summed E-state index contributed by atoms with van der Waals surface area (Å²) in [6.45, 7) is 6.17. The molecule has 7 heteroatoms. The highest BCUT2D eigenvalue weighted by Crippen LogP contribution is 2.32. The average molecular weight is 394 g/mol. The molecule has 5 nitrogen and oxygen atoms in total. The second kappa shape index (κ2) is 9.73. The maximum atomic E-state index is 12.5. The standard InChI is InChI=1S/C19H23NO4S2/c1-4-5-10-23-15-8-6-14(7-9-15)11-16-18(22)20(19(25)26-16)12-17(21)24-13(2)3/h6-9,11,13H,4-5,10,12H2,1-3H3. The minimum absolute atomic E-state index is 0.162. The second-order valence-electron chi connectivity index (χ2n) is 6.08. The smallest absolute Gasteiger partial charge is 0.326 e. The van der Waals surface area contributed by atoms with Crippen LogP contribution >= 0.6 is 24.0 Å². The van der Waals surface area contributed by atoms with Crippen molar-refractivity contribution in [2.75, 3.05) is 13.2 Å². The van der Waals surface area contributed by atoms with Crippen molar-refractivity contribution in [3.05, 3.63) is 34.7 Å². The summed E-state index contributed by atoms with van der Waals surface area (Å²) in [6.07, 6.45) is 3.64. The number of hydrogen-bond acceptors (Lipinski definition) is 6. The molecule has 0 spiro atoms. The molecular formula is C19H23NO4S2. The SMILES string of the molecule is CCCCOc1ccc(C=C2SC(=S)N(CC(=O)OC(C)C)C2=O)cc1. The van der Waals surface area contributed by atoms with Crippen molar-refractivity contribution < 1.29 is 19.1 Å². The Morgan fingerprint density at radius 2 is 2.00 bits per heavy atom. The van der Waals surface area contributed by atoms with Crippen LogP contribution < -0.4 is 4.74 Å². The summed E-state index contributed by atoms with van der Waals surface area (Å²) in [5.74, 6) is 0.0645. The number of hydrogen-bond donors (Lipinski definition) is 0. The van der Waals surface area contributed by atoms with Gasteiger partial charge in [-0.25, -0.2) is 0 Å². The lowest BCUT2D eigenvalue weighted by atomic mass is 10.2. The number of thiocarbonyl (C=S) groups is 1. The minimum Gasteiger partial charge on any atom is -0.494 e. The van der Waals surface area contributed by atoms with Crippen molar-refractivity contribution in [2.45, 2.75) is 39.7 Å². The van der Waals surface area contributed by atoms with Crippen molar-refractivity contribution in [3.63, 3.8) is 0 Å². The lowest BCUT2D eigenvalue weighted by Gasteiger charge is -2.14. The van der Waals surface area contributed by atoms with E-state index < -0.39 is 5.97 Å². The third kappa shape index (κ3) is 5.85. The molecule has 1 amide bonds. The molecular weight excluding hydrogens is 370 g/mol. The van der Waals surface area contributed by atoms with Gasteiger partial charge in [0.05, 0.1) is 17.6 Å². The van der Waals surface area contributed by atoms with Gasteiger partial charge in [-0.05, 0) is 44.0 Å². The highest BCUT2D eigenvalue weighted by molar-refractivity contribution is 8.26. The van der Waals surface area contributed by atoms with Gasteiger partial charge in [0.25, 0.3) is 5.91 Å². The van der Waals surface area contributed by atoms with E-state index in [0.717, 1.165) is 24.2 Å². The second-order valence-corrected chi connectivity index (χ2v) is 7.75. The molecule has 0 aliphatic carbocycles. The maximum absolute atomic E-state index is 12.5. The van der Waals surface area contributed by atoms with E-state index in [4.69, 9.17) is 21.7 Å². The molecule has 2 rings (SSSR count). The highest BCUT2D eigenvalue weighted by atomic mass is 32.2. The number of benzene rings is 1. The van der Waals surface area contributed by atoms with Gasteiger partial charge in [0, 0.05) is 0 Å². The molecule has 1 fully saturated rings. The van der Waals surface area contributed by atoms with Crippen LogP contribution in [0.3, 0.4) is 0 Å². The number of carbonyl (C=O) groups excluding carboxylic acids is 2. The van der Waals surface area contributed by atoms with Crippen LogP contribution in [0.2, 0.25) is 0 Å². The van der Waals surface area contributed by atoms with E-state index in [1.165, 1.54) is 16.7 Å². The lowest BCUT2D eigenvalue weighted by Crippen LogP contribution is -2.35. The van der Waals surface area contributed by atoms with E-state index in [-0.39, 0.29) is 18.6 Å². The van der Waals surface area contributed by atoms with Crippen molar-refractivity contribution in [3.8, 4) is 5.75 Å². The van der Waals surface area contributed by atoms with Crippen molar-refractivity contribution >= 4 is 46.3 Å². The minimum atomic E-state index is -0.467. The fourth-order valence-electron chi connectivity index (χ4n) is 2.21. The lowest BCUT2D eigenvalue weighted by molar-refractivity contribution is -0.149. The van der Waals surface area contributed by atoms with Gasteiger partial charge in [-0.2, -0.15) is 0 Å². The summed E-state index contributed by atoms with van der Waals surface area (Å²) in [5.41, 5.74) is 0.873. The Bertz CT molecular complexity index is 698. The number of carbonyl (C=O) groups is 2. The summed E-state index contributed by atoms with van der Waals surface area (Å²) in [7, 11) is 0. The van der Waals surface area contributed by atoms with Gasteiger partial charge in [-0.15, -0.1) is 0 Å². The summed E-state index contributed by atoms with van der Waals surface area (Å²) in [5, 5.41) is 0. The summed E-state index contributed by atoms with van der Waals surface area (Å²) < 4.78 is 11.1. The van der Waals surface area contributed by atoms with Crippen LogP contribution in [0.4, 0.5) is 0 Å². The Balaban J connectivity index is 2.01. The summed E-state index contributed by atoms with van der Waals surface area (Å²) in [4.78, 5) is 26.1. The number of rotatable bonds is 8. The first-order chi connectivity index (χ1) is 12.4. The van der Waals surface area contributed by atoms with E-state index >= 15 is 0 Å². The molecule has 0 aromatic heterocycles. The third-order valence-corrected chi connectivity index (χ3v) is 4.85. The molecule has 1 aliphatic heterocycles. The first kappa shape index (κ1) is 20.5. The molecule has 1 aromatic rings. The van der Waals surface area contributed by atoms with Crippen LogP contribution in [0.1, 0.15) is 39.2 Å². The zero-order chi connectivity index (χ0) is 19.1. The highest BCUT2D eigenvalue weighted by Gasteiger charge is 2.33. The van der Waals surface area contributed by atoms with Crippen LogP contribution in [-0.2, 0) is 14.3 Å². The van der Waals surface area contributed by atoms with Gasteiger partial charge >= 0.3 is 5.97 Å². The predicted molar refractivity (Wildman–Crippen MR) is 108 cm³/mol. The van der Waals surface area contributed by atoms with Crippen LogP contribution in [-0.4, -0.2) is 40.4 Å². The number of amides is 1. The first-order valence-corrected chi connectivity index (χ1v) is 9.81. The van der Waals surface area contributed by atoms with E-state index in [1.807, 2.05) is 24.3 Å². The molecule has 0 atom stereocenters. The van der Waals surface area contributed by atoms with Crippen LogP contribution in [0.25, 0.3) is 6.08 Å². The number of nitrogens with zero attached hydrogens (tertiary/aromatic N) is 1. The Kier molecular flexibility index (Phi) is 7.66. The van der Waals surface area contributed by atoms with Crippen LogP contribution in [0.15, 0.2) is 29.2 Å². The van der Waals surface area contributed by atoms with E-state index in [1.54, 1.807) is 19.9 Å². The van der Waals surface area contributed by atoms with Gasteiger partial charge < -0.3 is 9.47 Å². The van der Waals surface area contributed by atoms with Crippen molar-refractivity contribution in [2.24, 2.45) is 0 Å². The van der Waals surface area contributed by atoms with E-state index in [0.29, 0.717) is 15.8 Å². The van der Waals surface area contributed by atoms with Crippen molar-refractivity contribution in [1.82, 2.24) is 4.90 Å². The average Bonchev–Trinajstić information content (AvgIpc) is 2.83.